The van der Waals surface area contributed by atoms with Crippen LogP contribution in [0.15, 0.2) is 30.2 Å². The molecule has 1 aliphatic carbocycles. The molecular formula is C12H17N3. The molecule has 1 aromatic rings. The van der Waals surface area contributed by atoms with Crippen molar-refractivity contribution >= 4 is 0 Å². The molecule has 0 aliphatic heterocycles. The molecule has 0 unspecified atom stereocenters. The molecule has 1 heterocycles. The lowest BCUT2D eigenvalue weighted by Gasteiger charge is -2.23. The van der Waals surface area contributed by atoms with E-state index in [4.69, 9.17) is 11.5 Å². The van der Waals surface area contributed by atoms with Gasteiger partial charge in [0.05, 0.1) is 0 Å². The maximum absolute atomic E-state index is 5.74. The minimum Gasteiger partial charge on any atom is -0.403 e. The maximum Gasteiger partial charge on any atom is 0.0438 e. The molecule has 3 heteroatoms. The predicted octanol–water partition coefficient (Wildman–Crippen LogP) is 1.34. The van der Waals surface area contributed by atoms with Crippen molar-refractivity contribution in [1.29, 1.82) is 0 Å². The van der Waals surface area contributed by atoms with Crippen LogP contribution in [-0.2, 0) is 12.8 Å². The number of hydrogen-bond donors (Lipinski definition) is 2. The fourth-order valence-electron chi connectivity index (χ4n) is 2.19. The van der Waals surface area contributed by atoms with E-state index >= 15 is 0 Å². The Kier molecular flexibility index (Phi) is 2.90. The molecule has 0 radical (unpaired) electrons. The van der Waals surface area contributed by atoms with Gasteiger partial charge in [-0.25, -0.2) is 0 Å². The molecule has 15 heavy (non-hydrogen) atoms. The highest BCUT2D eigenvalue weighted by molar-refractivity contribution is 5.23. The zero-order valence-corrected chi connectivity index (χ0v) is 8.82. The average Bonchev–Trinajstić information content (AvgIpc) is 2.29. The monoisotopic (exact) mass is 203 g/mol. The van der Waals surface area contributed by atoms with Crippen LogP contribution in [0.4, 0.5) is 0 Å². The van der Waals surface area contributed by atoms with Crippen LogP contribution >= 0.6 is 0 Å². The van der Waals surface area contributed by atoms with Crippen molar-refractivity contribution in [3.8, 4) is 0 Å². The van der Waals surface area contributed by atoms with Gasteiger partial charge in [-0.2, -0.15) is 0 Å². The van der Waals surface area contributed by atoms with E-state index in [9.17, 15) is 0 Å². The van der Waals surface area contributed by atoms with Crippen LogP contribution in [0.2, 0.25) is 0 Å². The van der Waals surface area contributed by atoms with E-state index in [2.05, 4.69) is 11.1 Å². The molecule has 2 rings (SSSR count). The molecule has 0 aromatic carbocycles. The summed E-state index contributed by atoms with van der Waals surface area (Å²) in [6.07, 6.45) is 7.60. The molecule has 0 spiro atoms. The molecule has 1 aliphatic rings. The molecule has 0 fully saturated rings. The Morgan fingerprint density at radius 1 is 1.60 bits per heavy atom. The van der Waals surface area contributed by atoms with Crippen molar-refractivity contribution in [2.45, 2.75) is 25.7 Å². The molecule has 3 nitrogen and oxygen atoms in total. The van der Waals surface area contributed by atoms with Gasteiger partial charge in [-0.05, 0) is 43.2 Å². The molecule has 0 amide bonds. The lowest BCUT2D eigenvalue weighted by Crippen LogP contribution is -2.18. The Morgan fingerprint density at radius 2 is 2.47 bits per heavy atom. The zero-order valence-electron chi connectivity index (χ0n) is 8.82. The quantitative estimate of drug-likeness (QED) is 0.762. The number of allylic oxidation sites excluding steroid dienone is 1. The Bertz CT molecular complexity index is 371. The first kappa shape index (κ1) is 10.0. The minimum atomic E-state index is 0.604. The Balaban J connectivity index is 2.06. The summed E-state index contributed by atoms with van der Waals surface area (Å²) in [5.74, 6) is 0.604. The van der Waals surface area contributed by atoms with Crippen LogP contribution in [0.25, 0.3) is 0 Å². The van der Waals surface area contributed by atoms with E-state index in [1.54, 1.807) is 0 Å². The smallest absolute Gasteiger partial charge is 0.0438 e. The molecule has 4 N–H and O–H groups in total. The van der Waals surface area contributed by atoms with Crippen LogP contribution in [0.5, 0.6) is 0 Å². The van der Waals surface area contributed by atoms with Gasteiger partial charge in [0.1, 0.15) is 0 Å². The molecular weight excluding hydrogens is 186 g/mol. The van der Waals surface area contributed by atoms with Gasteiger partial charge in [0, 0.05) is 23.8 Å². The summed E-state index contributed by atoms with van der Waals surface area (Å²) in [4.78, 5) is 4.41. The van der Waals surface area contributed by atoms with Gasteiger partial charge >= 0.3 is 0 Å². The van der Waals surface area contributed by atoms with Crippen molar-refractivity contribution in [2.24, 2.45) is 17.4 Å². The number of nitrogens with zero attached hydrogens (tertiary/aromatic N) is 1. The van der Waals surface area contributed by atoms with Crippen LogP contribution < -0.4 is 11.5 Å². The third-order valence-electron chi connectivity index (χ3n) is 3.03. The van der Waals surface area contributed by atoms with Crippen molar-refractivity contribution in [3.05, 3.63) is 41.5 Å². The normalized spacial score (nSPS) is 21.1. The minimum absolute atomic E-state index is 0.604. The van der Waals surface area contributed by atoms with Crippen molar-refractivity contribution in [3.63, 3.8) is 0 Å². The van der Waals surface area contributed by atoms with Gasteiger partial charge in [0.15, 0.2) is 0 Å². The number of fused-ring (bicyclic) bond motifs is 1. The van der Waals surface area contributed by atoms with Crippen molar-refractivity contribution in [2.75, 3.05) is 0 Å². The Hall–Kier alpha value is -1.51. The third kappa shape index (κ3) is 2.29. The highest BCUT2D eigenvalue weighted by atomic mass is 14.7. The largest absolute Gasteiger partial charge is 0.403 e. The average molecular weight is 203 g/mol. The number of nitrogens with two attached hydrogens (primary N) is 2. The summed E-state index contributed by atoms with van der Waals surface area (Å²) in [7, 11) is 0. The Labute approximate surface area is 90.2 Å². The van der Waals surface area contributed by atoms with Gasteiger partial charge in [0.2, 0.25) is 0 Å². The highest BCUT2D eigenvalue weighted by Gasteiger charge is 2.19. The standard InChI is InChI=1S/C12H17N3/c13-8-11(14)6-9-3-4-10-2-1-5-15-12(10)7-9/h1-2,5,8-9H,3-4,6-7,13-14H2/b11-8-/t9-/m0/s1. The van der Waals surface area contributed by atoms with E-state index < -0.39 is 0 Å². The second-order valence-corrected chi connectivity index (χ2v) is 4.16. The van der Waals surface area contributed by atoms with Gasteiger partial charge in [-0.15, -0.1) is 0 Å². The number of hydrogen-bond acceptors (Lipinski definition) is 3. The maximum atomic E-state index is 5.74. The van der Waals surface area contributed by atoms with Crippen LogP contribution in [-0.4, -0.2) is 4.98 Å². The van der Waals surface area contributed by atoms with Gasteiger partial charge < -0.3 is 11.5 Å². The second kappa shape index (κ2) is 4.34. The van der Waals surface area contributed by atoms with Gasteiger partial charge in [0.25, 0.3) is 0 Å². The molecule has 0 saturated heterocycles. The van der Waals surface area contributed by atoms with Crippen LogP contribution in [0, 0.1) is 5.92 Å². The van der Waals surface area contributed by atoms with Gasteiger partial charge in [-0.3, -0.25) is 4.98 Å². The fourth-order valence-corrected chi connectivity index (χ4v) is 2.19. The summed E-state index contributed by atoms with van der Waals surface area (Å²) in [5, 5.41) is 0. The summed E-state index contributed by atoms with van der Waals surface area (Å²) in [6.45, 7) is 0. The lowest BCUT2D eigenvalue weighted by molar-refractivity contribution is 0.445. The Morgan fingerprint density at radius 3 is 3.27 bits per heavy atom. The summed E-state index contributed by atoms with van der Waals surface area (Å²) in [5.41, 5.74) is 14.5. The number of pyridine rings is 1. The third-order valence-corrected chi connectivity index (χ3v) is 3.03. The number of rotatable bonds is 2. The van der Waals surface area contributed by atoms with E-state index in [0.29, 0.717) is 5.92 Å². The molecule has 1 aromatic heterocycles. The molecule has 0 bridgehead atoms. The van der Waals surface area contributed by atoms with E-state index in [1.807, 2.05) is 12.3 Å². The van der Waals surface area contributed by atoms with E-state index in [-0.39, 0.29) is 0 Å². The predicted molar refractivity (Wildman–Crippen MR) is 60.8 cm³/mol. The first-order valence-electron chi connectivity index (χ1n) is 5.38. The van der Waals surface area contributed by atoms with E-state index in [0.717, 1.165) is 25.0 Å². The first-order chi connectivity index (χ1) is 7.29. The van der Waals surface area contributed by atoms with E-state index in [1.165, 1.54) is 23.9 Å². The molecule has 1 atom stereocenters. The number of aromatic nitrogens is 1. The summed E-state index contributed by atoms with van der Waals surface area (Å²) in [6, 6.07) is 4.17. The zero-order chi connectivity index (χ0) is 10.7. The number of aryl methyl sites for hydroxylation is 1. The first-order valence-corrected chi connectivity index (χ1v) is 5.38. The van der Waals surface area contributed by atoms with Crippen LogP contribution in [0.3, 0.4) is 0 Å². The SMILES string of the molecule is N/C=C(\N)C[C@@H]1CCc2cccnc2C1. The second-order valence-electron chi connectivity index (χ2n) is 4.16. The molecule has 0 saturated carbocycles. The van der Waals surface area contributed by atoms with Crippen molar-refractivity contribution in [1.82, 2.24) is 4.98 Å². The fraction of sp³-hybridized carbons (Fsp3) is 0.417. The molecule has 80 valence electrons. The highest BCUT2D eigenvalue weighted by Crippen LogP contribution is 2.26. The lowest BCUT2D eigenvalue weighted by atomic mass is 9.84. The summed E-state index contributed by atoms with van der Waals surface area (Å²) >= 11 is 0. The van der Waals surface area contributed by atoms with Crippen molar-refractivity contribution < 1.29 is 0 Å². The van der Waals surface area contributed by atoms with Crippen LogP contribution in [0.1, 0.15) is 24.1 Å². The van der Waals surface area contributed by atoms with Gasteiger partial charge in [-0.1, -0.05) is 6.07 Å². The topological polar surface area (TPSA) is 64.9 Å². The summed E-state index contributed by atoms with van der Waals surface area (Å²) < 4.78 is 0.